The Kier molecular flexibility index (Phi) is 5.10. The molecule has 1 aromatic rings. The van der Waals surface area contributed by atoms with Crippen molar-refractivity contribution in [2.24, 2.45) is 0 Å². The lowest BCUT2D eigenvalue weighted by Crippen LogP contribution is -2.22. The summed E-state index contributed by atoms with van der Waals surface area (Å²) in [6, 6.07) is 0.363. The number of hydrogen-bond donors (Lipinski definition) is 0. The van der Waals surface area contributed by atoms with Crippen molar-refractivity contribution in [2.45, 2.75) is 50.4 Å². The maximum absolute atomic E-state index is 5.77. The minimum absolute atomic E-state index is 0.363. The third kappa shape index (κ3) is 3.63. The highest BCUT2D eigenvalue weighted by Crippen LogP contribution is 2.27. The van der Waals surface area contributed by atoms with Gasteiger partial charge in [-0.25, -0.2) is 0 Å². The largest absolute Gasteiger partial charge is 0.377 e. The van der Waals surface area contributed by atoms with Gasteiger partial charge in [0.1, 0.15) is 0 Å². The molecule has 0 amide bonds. The second-order valence-corrected chi connectivity index (χ2v) is 6.43. The van der Waals surface area contributed by atoms with Gasteiger partial charge in [0, 0.05) is 32.5 Å². The molecule has 0 unspecified atom stereocenters. The number of ether oxygens (including phenoxy) is 1. The molecular weight excluding hydrogens is 260 g/mol. The number of nitrogens with zero attached hydrogens (tertiary/aromatic N) is 4. The summed E-state index contributed by atoms with van der Waals surface area (Å²) in [6.45, 7) is 5.24. The summed E-state index contributed by atoms with van der Waals surface area (Å²) >= 11 is 1.76. The minimum Gasteiger partial charge on any atom is -0.377 e. The molecule has 5 nitrogen and oxygen atoms in total. The number of rotatable bonds is 5. The summed E-state index contributed by atoms with van der Waals surface area (Å²) < 4.78 is 7.95. The van der Waals surface area contributed by atoms with Crippen molar-refractivity contribution in [1.82, 2.24) is 14.8 Å². The Bertz CT molecular complexity index is 399. The fourth-order valence-electron chi connectivity index (χ4n) is 2.23. The second-order valence-electron chi connectivity index (χ2n) is 5.44. The van der Waals surface area contributed by atoms with Gasteiger partial charge in [-0.3, -0.25) is 4.57 Å². The molecule has 2 rings (SSSR count). The van der Waals surface area contributed by atoms with Gasteiger partial charge in [-0.2, -0.15) is 0 Å². The third-order valence-electron chi connectivity index (χ3n) is 3.24. The molecule has 1 aromatic heterocycles. The molecule has 1 aliphatic heterocycles. The monoisotopic (exact) mass is 284 g/mol. The van der Waals surface area contributed by atoms with Crippen molar-refractivity contribution in [2.75, 3.05) is 31.4 Å². The molecule has 1 aliphatic rings. The highest BCUT2D eigenvalue weighted by atomic mass is 32.2. The van der Waals surface area contributed by atoms with E-state index in [0.717, 1.165) is 23.5 Å². The Hall–Kier alpha value is -0.750. The summed E-state index contributed by atoms with van der Waals surface area (Å²) in [6.07, 6.45) is 4.03. The Morgan fingerprint density at radius 1 is 1.37 bits per heavy atom. The van der Waals surface area contributed by atoms with E-state index < -0.39 is 0 Å². The quantitative estimate of drug-likeness (QED) is 0.778. The van der Waals surface area contributed by atoms with Crippen molar-refractivity contribution in [3.05, 3.63) is 0 Å². The standard InChI is InChI=1S/C13H24N4OS/c1-10(2)17-12(16(3)4)14-15-13(17)19-9-11-7-5-6-8-18-11/h10-11H,5-9H2,1-4H3/t11-/m0/s1. The summed E-state index contributed by atoms with van der Waals surface area (Å²) in [5.41, 5.74) is 0. The molecule has 0 spiro atoms. The Morgan fingerprint density at radius 3 is 2.74 bits per heavy atom. The van der Waals surface area contributed by atoms with Crippen molar-refractivity contribution in [1.29, 1.82) is 0 Å². The van der Waals surface area contributed by atoms with E-state index in [2.05, 4.69) is 28.6 Å². The van der Waals surface area contributed by atoms with Crippen LogP contribution in [0.4, 0.5) is 5.95 Å². The van der Waals surface area contributed by atoms with E-state index in [1.807, 2.05) is 19.0 Å². The molecule has 0 aliphatic carbocycles. The zero-order valence-corrected chi connectivity index (χ0v) is 13.1. The van der Waals surface area contributed by atoms with E-state index in [1.54, 1.807) is 11.8 Å². The predicted molar refractivity (Wildman–Crippen MR) is 79.0 cm³/mol. The van der Waals surface area contributed by atoms with Crippen LogP contribution in [0.15, 0.2) is 5.16 Å². The lowest BCUT2D eigenvalue weighted by Gasteiger charge is -2.22. The molecule has 0 bridgehead atoms. The maximum atomic E-state index is 5.77. The van der Waals surface area contributed by atoms with Gasteiger partial charge in [0.05, 0.1) is 6.10 Å². The van der Waals surface area contributed by atoms with Crippen molar-refractivity contribution < 1.29 is 4.74 Å². The molecule has 0 radical (unpaired) electrons. The van der Waals surface area contributed by atoms with Crippen molar-refractivity contribution in [3.8, 4) is 0 Å². The summed E-state index contributed by atoms with van der Waals surface area (Å²) in [7, 11) is 4.00. The van der Waals surface area contributed by atoms with Gasteiger partial charge in [0.15, 0.2) is 5.16 Å². The smallest absolute Gasteiger partial charge is 0.227 e. The van der Waals surface area contributed by atoms with Gasteiger partial charge in [-0.1, -0.05) is 11.8 Å². The highest BCUT2D eigenvalue weighted by molar-refractivity contribution is 7.99. The third-order valence-corrected chi connectivity index (χ3v) is 4.31. The van der Waals surface area contributed by atoms with Crippen LogP contribution in [0.25, 0.3) is 0 Å². The molecule has 6 heteroatoms. The molecule has 0 N–H and O–H groups in total. The van der Waals surface area contributed by atoms with E-state index in [4.69, 9.17) is 4.74 Å². The molecule has 108 valence electrons. The first kappa shape index (κ1) is 14.7. The van der Waals surface area contributed by atoms with E-state index in [1.165, 1.54) is 19.3 Å². The number of aromatic nitrogens is 3. The Balaban J connectivity index is 2.03. The lowest BCUT2D eigenvalue weighted by atomic mass is 10.1. The van der Waals surface area contributed by atoms with Crippen LogP contribution in [0.2, 0.25) is 0 Å². The molecule has 19 heavy (non-hydrogen) atoms. The fourth-order valence-corrected chi connectivity index (χ4v) is 3.36. The fraction of sp³-hybridized carbons (Fsp3) is 0.846. The van der Waals surface area contributed by atoms with E-state index in [9.17, 15) is 0 Å². The normalized spacial score (nSPS) is 19.9. The zero-order valence-electron chi connectivity index (χ0n) is 12.3. The number of hydrogen-bond acceptors (Lipinski definition) is 5. The first-order valence-electron chi connectivity index (χ1n) is 6.96. The van der Waals surface area contributed by atoms with Crippen molar-refractivity contribution in [3.63, 3.8) is 0 Å². The summed E-state index contributed by atoms with van der Waals surface area (Å²) in [5, 5.41) is 9.59. The Morgan fingerprint density at radius 2 is 2.16 bits per heavy atom. The van der Waals surface area contributed by atoms with E-state index in [-0.39, 0.29) is 0 Å². The number of anilines is 1. The minimum atomic E-state index is 0.363. The van der Waals surface area contributed by atoms with Crippen LogP contribution < -0.4 is 4.90 Å². The van der Waals surface area contributed by atoms with Gasteiger partial charge in [-0.15, -0.1) is 10.2 Å². The van der Waals surface area contributed by atoms with Crippen LogP contribution in [0, 0.1) is 0 Å². The second kappa shape index (κ2) is 6.61. The van der Waals surface area contributed by atoms with Crippen LogP contribution >= 0.6 is 11.8 Å². The van der Waals surface area contributed by atoms with Crippen LogP contribution in [0.5, 0.6) is 0 Å². The molecule has 0 saturated carbocycles. The van der Waals surface area contributed by atoms with Crippen LogP contribution in [0.3, 0.4) is 0 Å². The predicted octanol–water partition coefficient (Wildman–Crippen LogP) is 2.59. The van der Waals surface area contributed by atoms with Crippen LogP contribution in [0.1, 0.15) is 39.2 Å². The summed E-state index contributed by atoms with van der Waals surface area (Å²) in [4.78, 5) is 2.01. The van der Waals surface area contributed by atoms with E-state index >= 15 is 0 Å². The average molecular weight is 284 g/mol. The summed E-state index contributed by atoms with van der Waals surface area (Å²) in [5.74, 6) is 1.89. The first-order valence-corrected chi connectivity index (χ1v) is 7.94. The van der Waals surface area contributed by atoms with Gasteiger partial charge in [0.25, 0.3) is 0 Å². The van der Waals surface area contributed by atoms with Gasteiger partial charge < -0.3 is 9.64 Å². The molecule has 0 aromatic carbocycles. The van der Waals surface area contributed by atoms with Crippen LogP contribution in [-0.4, -0.2) is 47.3 Å². The zero-order chi connectivity index (χ0) is 13.8. The maximum Gasteiger partial charge on any atom is 0.227 e. The van der Waals surface area contributed by atoms with Crippen molar-refractivity contribution >= 4 is 17.7 Å². The molecule has 1 fully saturated rings. The van der Waals surface area contributed by atoms with E-state index in [0.29, 0.717) is 12.1 Å². The van der Waals surface area contributed by atoms with Gasteiger partial charge in [0.2, 0.25) is 5.95 Å². The Labute approximate surface area is 119 Å². The van der Waals surface area contributed by atoms with Gasteiger partial charge >= 0.3 is 0 Å². The molecule has 1 saturated heterocycles. The lowest BCUT2D eigenvalue weighted by molar-refractivity contribution is 0.0315. The van der Waals surface area contributed by atoms with Gasteiger partial charge in [-0.05, 0) is 33.1 Å². The SMILES string of the molecule is CC(C)n1c(SC[C@@H]2CCCCO2)nnc1N(C)C. The van der Waals surface area contributed by atoms with Crippen LogP contribution in [-0.2, 0) is 4.74 Å². The topological polar surface area (TPSA) is 43.2 Å². The number of thioether (sulfide) groups is 1. The molecule has 2 heterocycles. The molecule has 1 atom stereocenters. The molecular formula is C13H24N4OS. The first-order chi connectivity index (χ1) is 9.09. The average Bonchev–Trinajstić information content (AvgIpc) is 2.81. The highest BCUT2D eigenvalue weighted by Gasteiger charge is 2.19.